The fraction of sp³-hybridized carbons (Fsp3) is 1.00. The number of hydrogen-bond acceptors (Lipinski definition) is 5. The van der Waals surface area contributed by atoms with Gasteiger partial charge in [-0.2, -0.15) is 0 Å². The molecule has 1 saturated heterocycles. The maximum Gasteiger partial charge on any atom is 0.220 e. The van der Waals surface area contributed by atoms with Crippen LogP contribution < -0.4 is 0 Å². The summed E-state index contributed by atoms with van der Waals surface area (Å²) in [5, 5.41) is 30.6. The molecule has 3 rings (SSSR count). The molecule has 3 N–H and O–H groups in total. The summed E-state index contributed by atoms with van der Waals surface area (Å²) >= 11 is 0. The number of rotatable bonds is 3. The highest BCUT2D eigenvalue weighted by atomic mass is 16.8. The van der Waals surface area contributed by atoms with Crippen LogP contribution in [0.1, 0.15) is 64.2 Å². The summed E-state index contributed by atoms with van der Waals surface area (Å²) in [5.41, 5.74) is 0. The molecule has 3 aliphatic rings. The molecule has 4 atom stereocenters. The van der Waals surface area contributed by atoms with Crippen molar-refractivity contribution in [2.75, 3.05) is 6.61 Å². The Labute approximate surface area is 132 Å². The Morgan fingerprint density at radius 3 is 1.95 bits per heavy atom. The van der Waals surface area contributed by atoms with Gasteiger partial charge in [-0.15, -0.1) is 0 Å². The van der Waals surface area contributed by atoms with E-state index in [1.54, 1.807) is 0 Å². The molecule has 0 bridgehead atoms. The van der Waals surface area contributed by atoms with Gasteiger partial charge in [0.1, 0.15) is 6.10 Å². The van der Waals surface area contributed by atoms with Crippen molar-refractivity contribution >= 4 is 0 Å². The van der Waals surface area contributed by atoms with E-state index < -0.39 is 30.9 Å². The van der Waals surface area contributed by atoms with Crippen LogP contribution in [0.4, 0.5) is 0 Å². The molecule has 2 saturated carbocycles. The van der Waals surface area contributed by atoms with Crippen LogP contribution in [0.3, 0.4) is 0 Å². The summed E-state index contributed by atoms with van der Waals surface area (Å²) < 4.78 is 11.8. The lowest BCUT2D eigenvalue weighted by atomic mass is 9.80. The first kappa shape index (κ1) is 16.7. The molecule has 3 fully saturated rings. The predicted molar refractivity (Wildman–Crippen MR) is 80.9 cm³/mol. The van der Waals surface area contributed by atoms with Crippen molar-refractivity contribution in [2.24, 2.45) is 11.8 Å². The fourth-order valence-electron chi connectivity index (χ4n) is 4.36. The number of aliphatic hydroxyl groups is 3. The van der Waals surface area contributed by atoms with Gasteiger partial charge in [-0.1, -0.05) is 38.5 Å². The summed E-state index contributed by atoms with van der Waals surface area (Å²) in [6.07, 6.45) is 9.03. The molecule has 0 aromatic carbocycles. The zero-order valence-electron chi connectivity index (χ0n) is 13.3. The molecular formula is C17H30O5. The Kier molecular flexibility index (Phi) is 5.40. The van der Waals surface area contributed by atoms with Gasteiger partial charge in [0.2, 0.25) is 5.79 Å². The van der Waals surface area contributed by atoms with Crippen LogP contribution >= 0.6 is 0 Å². The van der Waals surface area contributed by atoms with Gasteiger partial charge in [0.15, 0.2) is 6.29 Å². The maximum absolute atomic E-state index is 10.5. The highest BCUT2D eigenvalue weighted by Crippen LogP contribution is 2.40. The van der Waals surface area contributed by atoms with Crippen molar-refractivity contribution < 1.29 is 24.8 Å². The van der Waals surface area contributed by atoms with E-state index in [0.717, 1.165) is 51.4 Å². The van der Waals surface area contributed by atoms with E-state index in [9.17, 15) is 15.3 Å². The van der Waals surface area contributed by atoms with Gasteiger partial charge in [-0.3, -0.25) is 0 Å². The topological polar surface area (TPSA) is 79.2 Å². The van der Waals surface area contributed by atoms with Gasteiger partial charge in [0.05, 0.1) is 12.7 Å². The third-order valence-corrected chi connectivity index (χ3v) is 5.76. The Bertz CT molecular complexity index is 351. The van der Waals surface area contributed by atoms with Crippen LogP contribution in [0.5, 0.6) is 0 Å². The Morgan fingerprint density at radius 2 is 1.41 bits per heavy atom. The molecule has 0 spiro atoms. The van der Waals surface area contributed by atoms with Crippen LogP contribution in [0, 0.1) is 11.8 Å². The summed E-state index contributed by atoms with van der Waals surface area (Å²) in [6.45, 7) is -0.593. The molecule has 5 heteroatoms. The second kappa shape index (κ2) is 7.14. The van der Waals surface area contributed by atoms with Crippen LogP contribution in [0.2, 0.25) is 0 Å². The summed E-state index contributed by atoms with van der Waals surface area (Å²) in [4.78, 5) is 0. The highest BCUT2D eigenvalue weighted by molar-refractivity contribution is 4.93. The summed E-state index contributed by atoms with van der Waals surface area (Å²) in [5.74, 6) is -1.38. The molecule has 1 heterocycles. The first-order valence-corrected chi connectivity index (χ1v) is 8.98. The molecule has 5 nitrogen and oxygen atoms in total. The van der Waals surface area contributed by atoms with Crippen molar-refractivity contribution in [1.29, 1.82) is 0 Å². The van der Waals surface area contributed by atoms with Crippen LogP contribution in [0.15, 0.2) is 0 Å². The van der Waals surface area contributed by atoms with Crippen molar-refractivity contribution in [3.05, 3.63) is 0 Å². The van der Waals surface area contributed by atoms with E-state index in [1.807, 2.05) is 0 Å². The zero-order chi connectivity index (χ0) is 15.6. The van der Waals surface area contributed by atoms with Crippen molar-refractivity contribution in [3.63, 3.8) is 0 Å². The third-order valence-electron chi connectivity index (χ3n) is 5.76. The van der Waals surface area contributed by atoms with Gasteiger partial charge in [0, 0.05) is 5.92 Å². The van der Waals surface area contributed by atoms with E-state index in [0.29, 0.717) is 0 Å². The lowest BCUT2D eigenvalue weighted by molar-refractivity contribution is -0.412. The van der Waals surface area contributed by atoms with Gasteiger partial charge < -0.3 is 24.8 Å². The van der Waals surface area contributed by atoms with Gasteiger partial charge in [-0.25, -0.2) is 0 Å². The average Bonchev–Trinajstić information content (AvgIpc) is 2.59. The largest absolute Gasteiger partial charge is 0.391 e. The smallest absolute Gasteiger partial charge is 0.220 e. The standard InChI is InChI=1S/C17H30O5/c18-11-17(20)15(19)14(12-7-3-1-4-8-12)21-16(22-17)13-9-5-2-6-10-13/h12-16,18-20H,1-11H2/t14-,15+,16-,17+/m1/s1. The molecule has 0 radical (unpaired) electrons. The van der Waals surface area contributed by atoms with E-state index in [1.165, 1.54) is 12.8 Å². The second-order valence-electron chi connectivity index (χ2n) is 7.33. The summed E-state index contributed by atoms with van der Waals surface area (Å²) in [6, 6.07) is 0. The molecule has 0 amide bonds. The molecule has 0 aromatic rings. The summed E-state index contributed by atoms with van der Waals surface area (Å²) in [7, 11) is 0. The number of hydrogen-bond donors (Lipinski definition) is 3. The Hall–Kier alpha value is -0.200. The predicted octanol–water partition coefficient (Wildman–Crippen LogP) is 1.93. The molecule has 0 unspecified atom stereocenters. The minimum Gasteiger partial charge on any atom is -0.391 e. The lowest BCUT2D eigenvalue weighted by Crippen LogP contribution is -2.64. The quantitative estimate of drug-likeness (QED) is 0.742. The van der Waals surface area contributed by atoms with Crippen molar-refractivity contribution in [3.8, 4) is 0 Å². The minimum absolute atomic E-state index is 0.247. The highest BCUT2D eigenvalue weighted by Gasteiger charge is 2.52. The lowest BCUT2D eigenvalue weighted by Gasteiger charge is -2.49. The van der Waals surface area contributed by atoms with E-state index in [-0.39, 0.29) is 11.8 Å². The van der Waals surface area contributed by atoms with Crippen LogP contribution in [-0.4, -0.2) is 46.2 Å². The first-order chi connectivity index (χ1) is 10.6. The Balaban J connectivity index is 1.75. The zero-order valence-corrected chi connectivity index (χ0v) is 13.3. The second-order valence-corrected chi connectivity index (χ2v) is 7.33. The Morgan fingerprint density at radius 1 is 0.864 bits per heavy atom. The fourth-order valence-corrected chi connectivity index (χ4v) is 4.36. The number of ether oxygens (including phenoxy) is 2. The molecule has 22 heavy (non-hydrogen) atoms. The van der Waals surface area contributed by atoms with Crippen LogP contribution in [-0.2, 0) is 9.47 Å². The average molecular weight is 314 g/mol. The van der Waals surface area contributed by atoms with Gasteiger partial charge >= 0.3 is 0 Å². The normalized spacial score (nSPS) is 42.4. The van der Waals surface area contributed by atoms with Crippen molar-refractivity contribution in [1.82, 2.24) is 0 Å². The van der Waals surface area contributed by atoms with E-state index >= 15 is 0 Å². The molecule has 1 aliphatic heterocycles. The molecule has 128 valence electrons. The maximum atomic E-state index is 10.5. The third kappa shape index (κ3) is 3.34. The molecular weight excluding hydrogens is 284 g/mol. The van der Waals surface area contributed by atoms with E-state index in [2.05, 4.69) is 0 Å². The van der Waals surface area contributed by atoms with Crippen molar-refractivity contribution in [2.45, 2.75) is 88.5 Å². The van der Waals surface area contributed by atoms with E-state index in [4.69, 9.17) is 9.47 Å². The number of aliphatic hydroxyl groups excluding tert-OH is 2. The van der Waals surface area contributed by atoms with Crippen LogP contribution in [0.25, 0.3) is 0 Å². The first-order valence-electron chi connectivity index (χ1n) is 8.98. The molecule has 0 aromatic heterocycles. The van der Waals surface area contributed by atoms with Gasteiger partial charge in [0.25, 0.3) is 0 Å². The van der Waals surface area contributed by atoms with Gasteiger partial charge in [-0.05, 0) is 31.6 Å². The monoisotopic (exact) mass is 314 g/mol. The molecule has 2 aliphatic carbocycles. The minimum atomic E-state index is -1.89. The SMILES string of the molecule is OC[C@]1(O)O[C@H](C2CCCCC2)O[C@H](C2CCCCC2)[C@@H]1O.